The minimum Gasteiger partial charge on any atom is -0.482 e. The largest absolute Gasteiger partial charge is 0.482 e. The topological polar surface area (TPSA) is 56.3 Å². The number of halogens is 3. The van der Waals surface area contributed by atoms with Crippen LogP contribution in [0.1, 0.15) is 5.01 Å². The molecule has 0 aliphatic heterocycles. The molecule has 1 aromatic heterocycles. The molecule has 0 bridgehead atoms. The minimum atomic E-state index is -3.30. The third kappa shape index (κ3) is 5.30. The van der Waals surface area contributed by atoms with Gasteiger partial charge in [-0.3, -0.25) is 0 Å². The van der Waals surface area contributed by atoms with Crippen LogP contribution >= 0.6 is 33.7 Å². The molecule has 4 aromatic rings. The highest BCUT2D eigenvalue weighted by Crippen LogP contribution is 2.39. The van der Waals surface area contributed by atoms with Crippen LogP contribution < -0.4 is 4.74 Å². The summed E-state index contributed by atoms with van der Waals surface area (Å²) in [6, 6.07) is 17.7. The molecule has 1 atom stereocenters. The molecule has 0 fully saturated rings. The van der Waals surface area contributed by atoms with Crippen LogP contribution in [0.4, 0.5) is 4.39 Å². The SMILES string of the molecule is CS(=O)(=O)c1ccc(-[s+]2cc(-c3ccc(F)cc3)nc2COc2cc(Cl)cc(Cl)c2)cc1. The Morgan fingerprint density at radius 2 is 1.59 bits per heavy atom. The van der Waals surface area contributed by atoms with Gasteiger partial charge in [0.05, 0.1) is 4.90 Å². The summed E-state index contributed by atoms with van der Waals surface area (Å²) < 4.78 is 42.9. The van der Waals surface area contributed by atoms with Gasteiger partial charge in [-0.1, -0.05) is 23.2 Å². The molecule has 1 unspecified atom stereocenters. The monoisotopic (exact) mass is 508 g/mol. The second-order valence-electron chi connectivity index (χ2n) is 6.99. The molecule has 9 heteroatoms. The summed E-state index contributed by atoms with van der Waals surface area (Å²) in [6.07, 6.45) is 1.17. The number of sulfone groups is 1. The molecule has 0 amide bonds. The summed E-state index contributed by atoms with van der Waals surface area (Å²) in [7, 11) is -3.87. The van der Waals surface area contributed by atoms with E-state index < -0.39 is 20.3 Å². The van der Waals surface area contributed by atoms with Crippen LogP contribution in [0.3, 0.4) is 0 Å². The van der Waals surface area contributed by atoms with Crippen LogP contribution in [0.5, 0.6) is 5.75 Å². The molecule has 0 aliphatic rings. The van der Waals surface area contributed by atoms with E-state index in [1.807, 2.05) is 5.38 Å². The zero-order valence-electron chi connectivity index (χ0n) is 16.8. The van der Waals surface area contributed by atoms with Crippen molar-refractivity contribution in [3.63, 3.8) is 0 Å². The molecular weight excluding hydrogens is 492 g/mol. The van der Waals surface area contributed by atoms with E-state index in [-0.39, 0.29) is 17.3 Å². The lowest BCUT2D eigenvalue weighted by atomic mass is 10.2. The molecule has 0 spiro atoms. The van der Waals surface area contributed by atoms with Crippen molar-refractivity contribution in [1.29, 1.82) is 0 Å². The third-order valence-electron chi connectivity index (χ3n) is 4.57. The maximum absolute atomic E-state index is 13.4. The van der Waals surface area contributed by atoms with Gasteiger partial charge in [-0.2, -0.15) is 4.98 Å². The standard InChI is InChI=1S/C23H17Cl2FNO3S2/c1-32(28,29)21-8-6-20(7-9-21)31-14-22(15-2-4-18(26)5-3-15)27-23(31)13-30-19-11-16(24)10-17(25)12-19/h2-12,14H,13H2,1H3/q+1. The Morgan fingerprint density at radius 3 is 2.19 bits per heavy atom. The lowest BCUT2D eigenvalue weighted by molar-refractivity contribution is 0.305. The van der Waals surface area contributed by atoms with Crippen molar-refractivity contribution in [1.82, 2.24) is 4.98 Å². The molecule has 4 nitrogen and oxygen atoms in total. The first-order valence-electron chi connectivity index (χ1n) is 9.36. The number of ether oxygens (including phenoxy) is 1. The summed E-state index contributed by atoms with van der Waals surface area (Å²) in [5.41, 5.74) is 1.47. The third-order valence-corrected chi connectivity index (χ3v) is 8.09. The summed E-state index contributed by atoms with van der Waals surface area (Å²) in [6.45, 7) is 0.175. The molecule has 1 heterocycles. The number of nitrogens with zero attached hydrogens (tertiary/aromatic N) is 1. The first-order valence-corrected chi connectivity index (χ1v) is 13.3. The number of rotatable bonds is 6. The van der Waals surface area contributed by atoms with Crippen molar-refractivity contribution in [2.75, 3.05) is 6.26 Å². The van der Waals surface area contributed by atoms with E-state index >= 15 is 0 Å². The fourth-order valence-corrected chi connectivity index (χ4v) is 5.94. The Hall–Kier alpha value is -2.45. The maximum Gasteiger partial charge on any atom is 0.286 e. The molecule has 0 saturated heterocycles. The van der Waals surface area contributed by atoms with Crippen molar-refractivity contribution in [2.24, 2.45) is 0 Å². The zero-order valence-corrected chi connectivity index (χ0v) is 19.9. The van der Waals surface area contributed by atoms with Crippen LogP contribution in [0.15, 0.2) is 77.0 Å². The summed E-state index contributed by atoms with van der Waals surface area (Å²) in [4.78, 5) is 5.87. The molecular formula is C23H17Cl2FNO3S2+. The predicted octanol–water partition coefficient (Wildman–Crippen LogP) is 6.92. The van der Waals surface area contributed by atoms with E-state index in [0.717, 1.165) is 15.5 Å². The van der Waals surface area contributed by atoms with Crippen LogP contribution in [0.25, 0.3) is 16.2 Å². The number of thiazole rings is 1. The Balaban J connectivity index is 1.72. The molecule has 164 valence electrons. The van der Waals surface area contributed by atoms with Crippen LogP contribution in [0.2, 0.25) is 10.0 Å². The smallest absolute Gasteiger partial charge is 0.286 e. The molecule has 0 aliphatic carbocycles. The van der Waals surface area contributed by atoms with Crippen molar-refractivity contribution >= 4 is 43.5 Å². The van der Waals surface area contributed by atoms with Gasteiger partial charge in [-0.15, -0.1) is 0 Å². The highest BCUT2D eigenvalue weighted by atomic mass is 35.5. The van der Waals surface area contributed by atoms with Gasteiger partial charge in [-0.05, 0) is 66.7 Å². The second kappa shape index (κ2) is 9.19. The van der Waals surface area contributed by atoms with Gasteiger partial charge in [0.15, 0.2) is 26.7 Å². The molecule has 0 saturated carbocycles. The van der Waals surface area contributed by atoms with E-state index in [1.165, 1.54) is 18.4 Å². The highest BCUT2D eigenvalue weighted by Gasteiger charge is 2.24. The normalized spacial score (nSPS) is 12.1. The van der Waals surface area contributed by atoms with Crippen molar-refractivity contribution in [3.8, 4) is 21.9 Å². The van der Waals surface area contributed by atoms with Gasteiger partial charge in [0.2, 0.25) is 0 Å². The van der Waals surface area contributed by atoms with Crippen LogP contribution in [0, 0.1) is 5.82 Å². The van der Waals surface area contributed by atoms with Crippen molar-refractivity contribution in [2.45, 2.75) is 11.5 Å². The molecule has 3 aromatic carbocycles. The Morgan fingerprint density at radius 1 is 0.969 bits per heavy atom. The number of hydrogen-bond donors (Lipinski definition) is 0. The number of hydrogen-bond acceptors (Lipinski definition) is 4. The lowest BCUT2D eigenvalue weighted by Gasteiger charge is -2.04. The Kier molecular flexibility index (Phi) is 6.53. The molecule has 0 radical (unpaired) electrons. The lowest BCUT2D eigenvalue weighted by Crippen LogP contribution is -1.97. The Labute approximate surface area is 198 Å². The first kappa shape index (κ1) is 22.7. The van der Waals surface area contributed by atoms with Gasteiger partial charge < -0.3 is 4.74 Å². The second-order valence-corrected chi connectivity index (χ2v) is 11.7. The van der Waals surface area contributed by atoms with E-state index in [4.69, 9.17) is 32.9 Å². The highest BCUT2D eigenvalue weighted by molar-refractivity contribution is 7.90. The molecule has 32 heavy (non-hydrogen) atoms. The van der Waals surface area contributed by atoms with E-state index in [1.54, 1.807) is 54.6 Å². The zero-order chi connectivity index (χ0) is 22.9. The average molecular weight is 509 g/mol. The van der Waals surface area contributed by atoms with Crippen LogP contribution in [-0.4, -0.2) is 19.7 Å². The fourth-order valence-electron chi connectivity index (χ4n) is 3.03. The van der Waals surface area contributed by atoms with E-state index in [2.05, 4.69) is 0 Å². The summed E-state index contributed by atoms with van der Waals surface area (Å²) >= 11 is 12.1. The van der Waals surface area contributed by atoms with E-state index in [0.29, 0.717) is 21.5 Å². The van der Waals surface area contributed by atoms with Gasteiger partial charge in [0.1, 0.15) is 17.3 Å². The van der Waals surface area contributed by atoms with E-state index in [9.17, 15) is 12.8 Å². The first-order chi connectivity index (χ1) is 15.2. The number of benzene rings is 3. The van der Waals surface area contributed by atoms with Crippen molar-refractivity contribution in [3.05, 3.63) is 93.0 Å². The fraction of sp³-hybridized carbons (Fsp3) is 0.0870. The minimum absolute atomic E-state index is 0.175. The molecule has 0 N–H and O–H groups in total. The van der Waals surface area contributed by atoms with Gasteiger partial charge in [-0.25, -0.2) is 12.8 Å². The van der Waals surface area contributed by atoms with Crippen molar-refractivity contribution < 1.29 is 17.5 Å². The Bertz CT molecular complexity index is 1350. The quantitative estimate of drug-likeness (QED) is 0.265. The maximum atomic E-state index is 13.4. The van der Waals surface area contributed by atoms with Gasteiger partial charge in [0.25, 0.3) is 5.01 Å². The summed E-state index contributed by atoms with van der Waals surface area (Å²) in [5.74, 6) is 0.185. The van der Waals surface area contributed by atoms with Gasteiger partial charge in [0, 0.05) is 32.3 Å². The average Bonchev–Trinajstić information content (AvgIpc) is 3.16. The number of aromatic nitrogens is 1. The van der Waals surface area contributed by atoms with Gasteiger partial charge >= 0.3 is 0 Å². The molecule has 4 rings (SSSR count). The van der Waals surface area contributed by atoms with Crippen LogP contribution in [-0.2, 0) is 16.4 Å². The summed E-state index contributed by atoms with van der Waals surface area (Å²) in [5, 5.41) is 3.64. The predicted molar refractivity (Wildman–Crippen MR) is 127 cm³/mol.